The molecule has 4 bridgehead atoms. The lowest BCUT2D eigenvalue weighted by Crippen LogP contribution is -2.54. The highest BCUT2D eigenvalue weighted by Crippen LogP contribution is 2.56. The summed E-state index contributed by atoms with van der Waals surface area (Å²) in [5.74, 6) is 3.59. The summed E-state index contributed by atoms with van der Waals surface area (Å²) >= 11 is 0. The lowest BCUT2D eigenvalue weighted by molar-refractivity contribution is 0.0107. The molecule has 4 fully saturated rings. The largest absolute Gasteiger partial charge is 0.497 e. The van der Waals surface area contributed by atoms with E-state index >= 15 is 0 Å². The molecular formula is C31H39N3O. The summed E-state index contributed by atoms with van der Waals surface area (Å²) in [5.41, 5.74) is 5.88. The maximum atomic E-state index is 10.2. The average molecular weight is 470 g/mol. The fraction of sp³-hybridized carbons (Fsp3) is 0.581. The molecule has 7 rings (SSSR count). The van der Waals surface area contributed by atoms with Gasteiger partial charge < -0.3 is 15.4 Å². The van der Waals surface area contributed by atoms with Crippen LogP contribution in [-0.4, -0.2) is 18.7 Å². The Morgan fingerprint density at radius 3 is 2.46 bits per heavy atom. The van der Waals surface area contributed by atoms with Crippen LogP contribution in [0.15, 0.2) is 36.4 Å². The van der Waals surface area contributed by atoms with Crippen LogP contribution >= 0.6 is 0 Å². The first-order valence-electron chi connectivity index (χ1n) is 13.8. The van der Waals surface area contributed by atoms with Crippen molar-refractivity contribution in [1.82, 2.24) is 5.32 Å². The van der Waals surface area contributed by atoms with Crippen LogP contribution in [0, 0.1) is 29.1 Å². The van der Waals surface area contributed by atoms with Gasteiger partial charge in [0.1, 0.15) is 11.8 Å². The fourth-order valence-corrected chi connectivity index (χ4v) is 8.22. The van der Waals surface area contributed by atoms with E-state index in [9.17, 15) is 5.26 Å². The predicted octanol–water partition coefficient (Wildman–Crippen LogP) is 6.74. The highest BCUT2D eigenvalue weighted by atomic mass is 16.5. The molecule has 1 heterocycles. The second-order valence-corrected chi connectivity index (χ2v) is 11.9. The number of benzene rings is 2. The highest BCUT2D eigenvalue weighted by molar-refractivity contribution is 5.61. The number of unbranched alkanes of at least 4 members (excludes halogenated alkanes) is 1. The third-order valence-corrected chi connectivity index (χ3v) is 9.37. The van der Waals surface area contributed by atoms with E-state index in [1.807, 2.05) is 0 Å². The fourth-order valence-electron chi connectivity index (χ4n) is 8.22. The molecule has 5 aliphatic rings. The molecule has 1 aliphatic heterocycles. The van der Waals surface area contributed by atoms with Crippen LogP contribution in [-0.2, 0) is 6.42 Å². The molecule has 35 heavy (non-hydrogen) atoms. The standard InChI is InChI=1S/C31H39N3O/c1-3-4-5-26-14-24-15-27(35-2)7-8-28(24)30(33-26)23-6-9-29(25(13-23)19-32)34-31-16-20-10-21(17-31)12-22(11-20)18-31/h6-9,13,15,20-22,26,30,33-34H,3-5,10-12,14,16-18H2,1-2H3/t20?,21?,22?,26-,30+,31?/m0/s1. The summed E-state index contributed by atoms with van der Waals surface area (Å²) in [5, 5.41) is 18.0. The molecule has 2 aromatic rings. The second kappa shape index (κ2) is 9.17. The average Bonchev–Trinajstić information content (AvgIpc) is 2.85. The minimum atomic E-state index is 0.104. The van der Waals surface area contributed by atoms with Crippen molar-refractivity contribution in [2.24, 2.45) is 17.8 Å². The number of ether oxygens (including phenoxy) is 1. The Bertz CT molecular complexity index is 1100. The topological polar surface area (TPSA) is 57.1 Å². The number of anilines is 1. The summed E-state index contributed by atoms with van der Waals surface area (Å²) < 4.78 is 5.53. The molecule has 0 aromatic heterocycles. The van der Waals surface area contributed by atoms with Gasteiger partial charge in [-0.3, -0.25) is 0 Å². The Morgan fingerprint density at radius 2 is 1.80 bits per heavy atom. The van der Waals surface area contributed by atoms with E-state index in [4.69, 9.17) is 4.74 Å². The zero-order chi connectivity index (χ0) is 24.0. The summed E-state index contributed by atoms with van der Waals surface area (Å²) in [6.07, 6.45) is 12.8. The van der Waals surface area contributed by atoms with E-state index in [0.29, 0.717) is 6.04 Å². The molecule has 2 aromatic carbocycles. The van der Waals surface area contributed by atoms with Crippen molar-refractivity contribution in [3.05, 3.63) is 58.7 Å². The van der Waals surface area contributed by atoms with Crippen molar-refractivity contribution in [3.63, 3.8) is 0 Å². The number of nitrogens with zero attached hydrogens (tertiary/aromatic N) is 1. The number of hydrogen-bond acceptors (Lipinski definition) is 4. The zero-order valence-electron chi connectivity index (χ0n) is 21.3. The SMILES string of the molecule is CCCC[C@H]1Cc2cc(OC)ccc2[C@@H](c2ccc(NC34CC5CC(CC(C5)C3)C4)c(C#N)c2)N1. The van der Waals surface area contributed by atoms with Gasteiger partial charge in [0, 0.05) is 11.6 Å². The normalized spacial score (nSPS) is 32.7. The molecule has 0 amide bonds. The first-order valence-corrected chi connectivity index (χ1v) is 13.8. The van der Waals surface area contributed by atoms with Gasteiger partial charge in [0.05, 0.1) is 24.4 Å². The van der Waals surface area contributed by atoms with Crippen molar-refractivity contribution in [2.45, 2.75) is 88.8 Å². The number of nitriles is 1. The molecule has 4 aliphatic carbocycles. The number of hydrogen-bond donors (Lipinski definition) is 2. The first-order chi connectivity index (χ1) is 17.1. The molecule has 0 saturated heterocycles. The second-order valence-electron chi connectivity index (χ2n) is 11.9. The maximum Gasteiger partial charge on any atom is 0.119 e. The molecule has 0 radical (unpaired) electrons. The molecule has 4 saturated carbocycles. The highest BCUT2D eigenvalue weighted by Gasteiger charge is 2.51. The van der Waals surface area contributed by atoms with Crippen molar-refractivity contribution in [2.75, 3.05) is 12.4 Å². The lowest BCUT2D eigenvalue weighted by atomic mass is 9.53. The molecule has 2 N–H and O–H groups in total. The number of methoxy groups -OCH3 is 1. The lowest BCUT2D eigenvalue weighted by Gasteiger charge is -2.57. The third kappa shape index (κ3) is 4.33. The van der Waals surface area contributed by atoms with Gasteiger partial charge in [-0.05, 0) is 110 Å². The Labute approximate surface area is 210 Å². The van der Waals surface area contributed by atoms with Gasteiger partial charge in [-0.1, -0.05) is 31.9 Å². The van der Waals surface area contributed by atoms with Gasteiger partial charge in [-0.25, -0.2) is 0 Å². The van der Waals surface area contributed by atoms with E-state index in [1.165, 1.54) is 74.5 Å². The van der Waals surface area contributed by atoms with Crippen LogP contribution in [0.3, 0.4) is 0 Å². The van der Waals surface area contributed by atoms with Crippen molar-refractivity contribution < 1.29 is 4.74 Å². The van der Waals surface area contributed by atoms with Crippen molar-refractivity contribution >= 4 is 5.69 Å². The van der Waals surface area contributed by atoms with Gasteiger partial charge in [0.25, 0.3) is 0 Å². The molecule has 4 heteroatoms. The van der Waals surface area contributed by atoms with Crippen LogP contribution in [0.1, 0.15) is 93.0 Å². The van der Waals surface area contributed by atoms with Crippen LogP contribution in [0.4, 0.5) is 5.69 Å². The van der Waals surface area contributed by atoms with E-state index in [0.717, 1.165) is 41.2 Å². The van der Waals surface area contributed by atoms with Gasteiger partial charge in [0.15, 0.2) is 0 Å². The smallest absolute Gasteiger partial charge is 0.119 e. The van der Waals surface area contributed by atoms with Crippen molar-refractivity contribution in [3.8, 4) is 11.8 Å². The van der Waals surface area contributed by atoms with Crippen LogP contribution in [0.5, 0.6) is 5.75 Å². The minimum Gasteiger partial charge on any atom is -0.497 e. The quantitative estimate of drug-likeness (QED) is 0.471. The zero-order valence-corrected chi connectivity index (χ0v) is 21.3. The molecule has 0 unspecified atom stereocenters. The Morgan fingerprint density at radius 1 is 1.06 bits per heavy atom. The molecular weight excluding hydrogens is 430 g/mol. The van der Waals surface area contributed by atoms with E-state index < -0.39 is 0 Å². The van der Waals surface area contributed by atoms with Crippen LogP contribution in [0.25, 0.3) is 0 Å². The number of nitrogens with one attached hydrogen (secondary N) is 2. The molecule has 4 nitrogen and oxygen atoms in total. The monoisotopic (exact) mass is 469 g/mol. The summed E-state index contributed by atoms with van der Waals surface area (Å²) in [7, 11) is 1.74. The van der Waals surface area contributed by atoms with Gasteiger partial charge in [0.2, 0.25) is 0 Å². The minimum absolute atomic E-state index is 0.104. The van der Waals surface area contributed by atoms with Gasteiger partial charge in [-0.15, -0.1) is 0 Å². The maximum absolute atomic E-state index is 10.2. The van der Waals surface area contributed by atoms with Crippen LogP contribution < -0.4 is 15.4 Å². The van der Waals surface area contributed by atoms with Gasteiger partial charge in [-0.2, -0.15) is 5.26 Å². The first kappa shape index (κ1) is 22.9. The van der Waals surface area contributed by atoms with E-state index in [1.54, 1.807) is 7.11 Å². The van der Waals surface area contributed by atoms with Gasteiger partial charge >= 0.3 is 0 Å². The van der Waals surface area contributed by atoms with E-state index in [-0.39, 0.29) is 11.6 Å². The van der Waals surface area contributed by atoms with E-state index in [2.05, 4.69) is 60.0 Å². The predicted molar refractivity (Wildman–Crippen MR) is 141 cm³/mol. The molecule has 2 atom stereocenters. The molecule has 184 valence electrons. The summed E-state index contributed by atoms with van der Waals surface area (Å²) in [6.45, 7) is 2.26. The number of rotatable bonds is 7. The Kier molecular flexibility index (Phi) is 6.01. The Hall–Kier alpha value is -2.51. The summed E-state index contributed by atoms with van der Waals surface area (Å²) in [4.78, 5) is 0. The van der Waals surface area contributed by atoms with Crippen molar-refractivity contribution in [1.29, 1.82) is 5.26 Å². The Balaban J connectivity index is 1.30. The van der Waals surface area contributed by atoms with Crippen LogP contribution in [0.2, 0.25) is 0 Å². The number of fused-ring (bicyclic) bond motifs is 1. The molecule has 0 spiro atoms. The third-order valence-electron chi connectivity index (χ3n) is 9.37. The summed E-state index contributed by atoms with van der Waals surface area (Å²) in [6, 6.07) is 16.1.